The first-order chi connectivity index (χ1) is 17.6. The monoisotopic (exact) mass is 499 g/mol. The van der Waals surface area contributed by atoms with E-state index < -0.39 is 23.8 Å². The molecule has 2 fully saturated rings. The third kappa shape index (κ3) is 5.24. The summed E-state index contributed by atoms with van der Waals surface area (Å²) in [6.45, 7) is 5.45. The number of benzene rings is 2. The van der Waals surface area contributed by atoms with E-state index in [0.717, 1.165) is 47.1 Å². The van der Waals surface area contributed by atoms with Crippen molar-refractivity contribution in [1.29, 1.82) is 5.26 Å². The maximum Gasteiger partial charge on any atom is 0.411 e. The van der Waals surface area contributed by atoms with Crippen molar-refractivity contribution in [3.63, 3.8) is 0 Å². The summed E-state index contributed by atoms with van der Waals surface area (Å²) in [6, 6.07) is 15.0. The fourth-order valence-corrected chi connectivity index (χ4v) is 5.99. The Morgan fingerprint density at radius 2 is 1.78 bits per heavy atom. The summed E-state index contributed by atoms with van der Waals surface area (Å²) in [5.74, 6) is 0.0689. The van der Waals surface area contributed by atoms with Crippen molar-refractivity contribution in [1.82, 2.24) is 10.2 Å². The SMILES string of the molecule is CC(C)(C)OC(=O)N1[C@@H]2CC[C@@H](C2)[C@H]1C(=O)N[C@H](C#N)Cc1ccc(-c2ccc3c(c2)CC(=O)C3)cc1. The molecule has 7 heteroatoms. The van der Waals surface area contributed by atoms with Crippen molar-refractivity contribution in [2.75, 3.05) is 0 Å². The van der Waals surface area contributed by atoms with Crippen LogP contribution in [0.15, 0.2) is 42.5 Å². The van der Waals surface area contributed by atoms with Crippen LogP contribution in [0, 0.1) is 17.2 Å². The molecule has 2 aliphatic carbocycles. The van der Waals surface area contributed by atoms with Gasteiger partial charge in [0.1, 0.15) is 23.5 Å². The Kier molecular flexibility index (Phi) is 6.53. The minimum atomic E-state index is -0.705. The van der Waals surface area contributed by atoms with Crippen molar-refractivity contribution in [2.45, 2.75) is 83.0 Å². The van der Waals surface area contributed by atoms with Crippen molar-refractivity contribution >= 4 is 17.8 Å². The Hall–Kier alpha value is -3.66. The number of nitriles is 1. The van der Waals surface area contributed by atoms with Crippen LogP contribution in [0.1, 0.15) is 56.7 Å². The second-order valence-electron chi connectivity index (χ2n) is 11.5. The van der Waals surface area contributed by atoms with Gasteiger partial charge in [-0.05, 0) is 73.8 Å². The van der Waals surface area contributed by atoms with E-state index in [-0.39, 0.29) is 23.7 Å². The number of fused-ring (bicyclic) bond motifs is 3. The lowest BCUT2D eigenvalue weighted by atomic mass is 9.96. The average molecular weight is 500 g/mol. The highest BCUT2D eigenvalue weighted by Crippen LogP contribution is 2.43. The van der Waals surface area contributed by atoms with Crippen LogP contribution in [0.25, 0.3) is 11.1 Å². The third-order valence-corrected chi connectivity index (χ3v) is 7.64. The maximum absolute atomic E-state index is 13.3. The fourth-order valence-electron chi connectivity index (χ4n) is 5.99. The molecule has 7 nitrogen and oxygen atoms in total. The van der Waals surface area contributed by atoms with Gasteiger partial charge in [0.25, 0.3) is 0 Å². The first-order valence-corrected chi connectivity index (χ1v) is 13.1. The number of ether oxygens (including phenoxy) is 1. The lowest BCUT2D eigenvalue weighted by molar-refractivity contribution is -0.128. The Bertz CT molecular complexity index is 1270. The fraction of sp³-hybridized carbons (Fsp3) is 0.467. The van der Waals surface area contributed by atoms with E-state index in [2.05, 4.69) is 17.5 Å². The second-order valence-corrected chi connectivity index (χ2v) is 11.5. The molecule has 2 aromatic carbocycles. The molecular weight excluding hydrogens is 466 g/mol. The smallest absolute Gasteiger partial charge is 0.411 e. The molecule has 37 heavy (non-hydrogen) atoms. The summed E-state index contributed by atoms with van der Waals surface area (Å²) in [7, 11) is 0. The zero-order valence-corrected chi connectivity index (χ0v) is 21.6. The van der Waals surface area contributed by atoms with E-state index in [1.54, 1.807) is 4.90 Å². The topological polar surface area (TPSA) is 99.5 Å². The highest BCUT2D eigenvalue weighted by molar-refractivity contribution is 5.89. The molecule has 2 bridgehead atoms. The van der Waals surface area contributed by atoms with E-state index in [1.807, 2.05) is 57.2 Å². The molecule has 0 aromatic heterocycles. The number of nitrogens with one attached hydrogen (secondary N) is 1. The average Bonchev–Trinajstić information content (AvgIpc) is 3.56. The molecule has 4 atom stereocenters. The van der Waals surface area contributed by atoms with E-state index in [1.165, 1.54) is 0 Å². The quantitative estimate of drug-likeness (QED) is 0.659. The Labute approximate surface area is 217 Å². The van der Waals surface area contributed by atoms with Gasteiger partial charge in [0.15, 0.2) is 0 Å². The summed E-state index contributed by atoms with van der Waals surface area (Å²) in [5, 5.41) is 12.7. The molecule has 1 saturated heterocycles. The zero-order valence-electron chi connectivity index (χ0n) is 21.6. The zero-order chi connectivity index (χ0) is 26.3. The molecule has 192 valence electrons. The molecule has 1 aliphatic heterocycles. The number of hydrogen-bond donors (Lipinski definition) is 1. The Morgan fingerprint density at radius 3 is 2.49 bits per heavy atom. The number of rotatable bonds is 5. The van der Waals surface area contributed by atoms with Crippen LogP contribution in [0.3, 0.4) is 0 Å². The summed E-state index contributed by atoms with van der Waals surface area (Å²) in [6.07, 6.45) is 3.51. The standard InChI is InChI=1S/C30H33N3O4/c1-30(2,3)37-29(36)33-25-11-10-22(14-25)27(33)28(35)32-24(17-31)12-18-4-6-19(7-5-18)20-8-9-21-15-26(34)16-23(21)13-20/h4-9,13,22,24-25,27H,10-12,14-16H2,1-3H3,(H,32,35)/t22-,24-,25+,27-/m0/s1. The number of carbonyl (C=O) groups is 3. The molecule has 0 unspecified atom stereocenters. The van der Waals surface area contributed by atoms with Gasteiger partial charge in [0.2, 0.25) is 5.91 Å². The number of nitrogens with zero attached hydrogens (tertiary/aromatic N) is 2. The van der Waals surface area contributed by atoms with E-state index >= 15 is 0 Å². The number of amides is 2. The van der Waals surface area contributed by atoms with Crippen LogP contribution in [-0.4, -0.2) is 46.4 Å². The van der Waals surface area contributed by atoms with Gasteiger partial charge < -0.3 is 10.1 Å². The summed E-state index contributed by atoms with van der Waals surface area (Å²) < 4.78 is 5.58. The molecule has 5 rings (SSSR count). The first-order valence-electron chi connectivity index (χ1n) is 13.1. The van der Waals surface area contributed by atoms with E-state index in [4.69, 9.17) is 4.74 Å². The summed E-state index contributed by atoms with van der Waals surface area (Å²) >= 11 is 0. The van der Waals surface area contributed by atoms with Crippen LogP contribution in [-0.2, 0) is 33.6 Å². The van der Waals surface area contributed by atoms with E-state index in [0.29, 0.717) is 19.3 Å². The predicted molar refractivity (Wildman–Crippen MR) is 139 cm³/mol. The predicted octanol–water partition coefficient (Wildman–Crippen LogP) is 4.36. The Morgan fingerprint density at radius 1 is 1.08 bits per heavy atom. The van der Waals surface area contributed by atoms with Gasteiger partial charge in [-0.15, -0.1) is 0 Å². The Balaban J connectivity index is 1.24. The minimum Gasteiger partial charge on any atom is -0.444 e. The van der Waals surface area contributed by atoms with Gasteiger partial charge in [-0.1, -0.05) is 42.5 Å². The number of ketones is 1. The van der Waals surface area contributed by atoms with Gasteiger partial charge >= 0.3 is 6.09 Å². The van der Waals surface area contributed by atoms with Crippen molar-refractivity contribution in [3.05, 3.63) is 59.2 Å². The van der Waals surface area contributed by atoms with Crippen molar-refractivity contribution in [2.24, 2.45) is 5.92 Å². The van der Waals surface area contributed by atoms with Crippen LogP contribution in [0.2, 0.25) is 0 Å². The van der Waals surface area contributed by atoms with Crippen molar-refractivity contribution in [3.8, 4) is 17.2 Å². The molecule has 0 radical (unpaired) electrons. The van der Waals surface area contributed by atoms with Gasteiger partial charge in [-0.25, -0.2) is 4.79 Å². The highest BCUT2D eigenvalue weighted by Gasteiger charge is 2.52. The van der Waals surface area contributed by atoms with Gasteiger partial charge in [-0.3, -0.25) is 14.5 Å². The van der Waals surface area contributed by atoms with Crippen LogP contribution < -0.4 is 5.32 Å². The number of carbonyl (C=O) groups excluding carboxylic acids is 3. The molecule has 2 aromatic rings. The summed E-state index contributed by atoms with van der Waals surface area (Å²) in [4.78, 5) is 39.5. The lowest BCUT2D eigenvalue weighted by Crippen LogP contribution is -2.55. The van der Waals surface area contributed by atoms with Crippen LogP contribution in [0.5, 0.6) is 0 Å². The number of likely N-dealkylation sites (tertiary alicyclic amines) is 1. The maximum atomic E-state index is 13.3. The minimum absolute atomic E-state index is 0.0148. The molecular formula is C30H33N3O4. The van der Waals surface area contributed by atoms with Crippen molar-refractivity contribution < 1.29 is 19.1 Å². The molecule has 2 amide bonds. The normalized spacial score (nSPS) is 22.9. The third-order valence-electron chi connectivity index (χ3n) is 7.64. The molecule has 1 saturated carbocycles. The van der Waals surface area contributed by atoms with Crippen LogP contribution >= 0.6 is 0 Å². The van der Waals surface area contributed by atoms with Gasteiger partial charge in [-0.2, -0.15) is 5.26 Å². The number of hydrogen-bond acceptors (Lipinski definition) is 5. The number of piperidine rings is 1. The lowest BCUT2D eigenvalue weighted by Gasteiger charge is -2.35. The largest absolute Gasteiger partial charge is 0.444 e. The molecule has 0 spiro atoms. The molecule has 3 aliphatic rings. The van der Waals surface area contributed by atoms with Crippen LogP contribution in [0.4, 0.5) is 4.79 Å². The van der Waals surface area contributed by atoms with Gasteiger partial charge in [0, 0.05) is 25.3 Å². The highest BCUT2D eigenvalue weighted by atomic mass is 16.6. The first kappa shape index (κ1) is 25.0. The molecule has 1 N–H and O–H groups in total. The number of Topliss-reactive ketones (excluding diaryl/α,β-unsaturated/α-hetero) is 1. The molecule has 1 heterocycles. The second kappa shape index (κ2) is 9.66. The van der Waals surface area contributed by atoms with Gasteiger partial charge in [0.05, 0.1) is 6.07 Å². The van der Waals surface area contributed by atoms with E-state index in [9.17, 15) is 19.6 Å². The summed E-state index contributed by atoms with van der Waals surface area (Å²) in [5.41, 5.74) is 4.60.